The van der Waals surface area contributed by atoms with Gasteiger partial charge >= 0.3 is 5.97 Å². The Hall–Kier alpha value is -2.21. The first kappa shape index (κ1) is 14.2. The van der Waals surface area contributed by atoms with Crippen LogP contribution in [0.1, 0.15) is 15.9 Å². The van der Waals surface area contributed by atoms with E-state index in [1.807, 2.05) is 0 Å². The van der Waals surface area contributed by atoms with Crippen molar-refractivity contribution in [1.82, 2.24) is 9.78 Å². The van der Waals surface area contributed by atoms with Crippen LogP contribution in [0.4, 0.5) is 4.39 Å². The lowest BCUT2D eigenvalue weighted by molar-refractivity contribution is 0.0600. The number of nitrogens with zero attached hydrogens (tertiary/aromatic N) is 2. The van der Waals surface area contributed by atoms with Gasteiger partial charge in [0.15, 0.2) is 0 Å². The average molecular weight is 278 g/mol. The summed E-state index contributed by atoms with van der Waals surface area (Å²) in [4.78, 5) is 11.5. The second kappa shape index (κ2) is 5.83. The first-order valence-corrected chi connectivity index (χ1v) is 5.96. The third kappa shape index (κ3) is 2.70. The summed E-state index contributed by atoms with van der Waals surface area (Å²) in [5.74, 6) is -1.09. The monoisotopic (exact) mass is 278 g/mol. The lowest BCUT2D eigenvalue weighted by Gasteiger charge is -2.08. The summed E-state index contributed by atoms with van der Waals surface area (Å²) in [7, 11) is 4.58. The van der Waals surface area contributed by atoms with E-state index in [9.17, 15) is 9.18 Å². The fourth-order valence-corrected chi connectivity index (χ4v) is 2.08. The number of ether oxygens (including phenoxy) is 2. The maximum absolute atomic E-state index is 13.7. The molecule has 0 aliphatic heterocycles. The molecule has 0 fully saturated rings. The standard InChI is InChI=1S/C14H15FN2O3/c1-17-13(11(7-16-17)8-19-2)9-4-10(14(18)20-3)6-12(15)5-9/h4-7H,8H2,1-3H3. The quantitative estimate of drug-likeness (QED) is 0.804. The number of carbonyl (C=O) groups is 1. The number of halogens is 1. The molecular weight excluding hydrogens is 263 g/mol. The number of esters is 1. The van der Waals surface area contributed by atoms with Gasteiger partial charge in [-0.1, -0.05) is 0 Å². The van der Waals surface area contributed by atoms with E-state index < -0.39 is 11.8 Å². The average Bonchev–Trinajstić information content (AvgIpc) is 2.78. The molecule has 0 atom stereocenters. The van der Waals surface area contributed by atoms with Crippen LogP contribution in [0.5, 0.6) is 0 Å². The van der Waals surface area contributed by atoms with Crippen molar-refractivity contribution in [2.45, 2.75) is 6.61 Å². The minimum Gasteiger partial charge on any atom is -0.465 e. The van der Waals surface area contributed by atoms with E-state index in [-0.39, 0.29) is 5.56 Å². The smallest absolute Gasteiger partial charge is 0.337 e. The second-order valence-corrected chi connectivity index (χ2v) is 4.30. The van der Waals surface area contributed by atoms with Crippen molar-refractivity contribution in [3.63, 3.8) is 0 Å². The van der Waals surface area contributed by atoms with Gasteiger partial charge in [0, 0.05) is 25.3 Å². The van der Waals surface area contributed by atoms with Gasteiger partial charge in [0.05, 0.1) is 31.2 Å². The molecule has 2 aromatic rings. The van der Waals surface area contributed by atoms with Crippen LogP contribution < -0.4 is 0 Å². The Morgan fingerprint density at radius 3 is 2.75 bits per heavy atom. The van der Waals surface area contributed by atoms with Crippen LogP contribution in [-0.2, 0) is 23.1 Å². The molecular formula is C14H15FN2O3. The largest absolute Gasteiger partial charge is 0.465 e. The highest BCUT2D eigenvalue weighted by Crippen LogP contribution is 2.26. The van der Waals surface area contributed by atoms with Gasteiger partial charge in [-0.15, -0.1) is 0 Å². The number of carbonyl (C=O) groups excluding carboxylic acids is 1. The molecule has 0 aliphatic carbocycles. The number of methoxy groups -OCH3 is 2. The Balaban J connectivity index is 2.55. The lowest BCUT2D eigenvalue weighted by Crippen LogP contribution is -2.04. The van der Waals surface area contributed by atoms with Gasteiger partial charge < -0.3 is 9.47 Å². The van der Waals surface area contributed by atoms with Gasteiger partial charge in [0.1, 0.15) is 5.82 Å². The summed E-state index contributed by atoms with van der Waals surface area (Å²) in [5, 5.41) is 4.13. The number of benzene rings is 1. The second-order valence-electron chi connectivity index (χ2n) is 4.30. The Kier molecular flexibility index (Phi) is 4.14. The maximum Gasteiger partial charge on any atom is 0.337 e. The normalized spacial score (nSPS) is 10.6. The van der Waals surface area contributed by atoms with E-state index in [4.69, 9.17) is 4.74 Å². The topological polar surface area (TPSA) is 53.4 Å². The predicted molar refractivity (Wildman–Crippen MR) is 70.7 cm³/mol. The summed E-state index contributed by atoms with van der Waals surface area (Å²) in [6.45, 7) is 0.354. The van der Waals surface area contributed by atoms with Gasteiger partial charge in [0.2, 0.25) is 0 Å². The van der Waals surface area contributed by atoms with Crippen molar-refractivity contribution in [2.24, 2.45) is 7.05 Å². The minimum atomic E-state index is -0.582. The third-order valence-corrected chi connectivity index (χ3v) is 2.91. The van der Waals surface area contributed by atoms with E-state index in [0.29, 0.717) is 17.9 Å². The Labute approximate surface area is 115 Å². The van der Waals surface area contributed by atoms with E-state index in [1.54, 1.807) is 31.1 Å². The molecule has 0 amide bonds. The molecule has 5 nitrogen and oxygen atoms in total. The predicted octanol–water partition coefficient (Wildman–Crippen LogP) is 2.16. The summed E-state index contributed by atoms with van der Waals surface area (Å²) >= 11 is 0. The van der Waals surface area contributed by atoms with Gasteiger partial charge in [-0.2, -0.15) is 5.10 Å². The maximum atomic E-state index is 13.7. The first-order chi connectivity index (χ1) is 9.56. The first-order valence-electron chi connectivity index (χ1n) is 5.96. The Morgan fingerprint density at radius 2 is 2.10 bits per heavy atom. The minimum absolute atomic E-state index is 0.159. The van der Waals surface area contributed by atoms with Gasteiger partial charge in [-0.25, -0.2) is 9.18 Å². The van der Waals surface area contributed by atoms with Crippen molar-refractivity contribution in [1.29, 1.82) is 0 Å². The molecule has 1 aromatic heterocycles. The molecule has 20 heavy (non-hydrogen) atoms. The Bertz CT molecular complexity index is 637. The van der Waals surface area contributed by atoms with Crippen molar-refractivity contribution in [3.05, 3.63) is 41.3 Å². The van der Waals surface area contributed by atoms with E-state index in [1.165, 1.54) is 13.2 Å². The molecule has 0 aliphatic rings. The van der Waals surface area contributed by atoms with Crippen molar-refractivity contribution in [2.75, 3.05) is 14.2 Å². The van der Waals surface area contributed by atoms with Gasteiger partial charge in [-0.3, -0.25) is 4.68 Å². The molecule has 0 spiro atoms. The molecule has 0 unspecified atom stereocenters. The highest BCUT2D eigenvalue weighted by Gasteiger charge is 2.15. The third-order valence-electron chi connectivity index (χ3n) is 2.91. The highest BCUT2D eigenvalue weighted by molar-refractivity contribution is 5.91. The molecule has 0 saturated heterocycles. The molecule has 0 radical (unpaired) electrons. The fourth-order valence-electron chi connectivity index (χ4n) is 2.08. The van der Waals surface area contributed by atoms with Crippen LogP contribution in [0, 0.1) is 5.82 Å². The highest BCUT2D eigenvalue weighted by atomic mass is 19.1. The van der Waals surface area contributed by atoms with E-state index in [2.05, 4.69) is 9.84 Å². The van der Waals surface area contributed by atoms with Crippen LogP contribution in [0.3, 0.4) is 0 Å². The zero-order chi connectivity index (χ0) is 14.7. The fraction of sp³-hybridized carbons (Fsp3) is 0.286. The number of aryl methyl sites for hydroxylation is 1. The van der Waals surface area contributed by atoms with Crippen LogP contribution in [-0.4, -0.2) is 30.0 Å². The molecule has 1 aromatic carbocycles. The van der Waals surface area contributed by atoms with Crippen LogP contribution in [0.15, 0.2) is 24.4 Å². The van der Waals surface area contributed by atoms with E-state index in [0.717, 1.165) is 11.6 Å². The number of aromatic nitrogens is 2. The molecule has 0 N–H and O–H groups in total. The van der Waals surface area contributed by atoms with Gasteiger partial charge in [0.25, 0.3) is 0 Å². The molecule has 6 heteroatoms. The number of rotatable bonds is 4. The summed E-state index contributed by atoms with van der Waals surface area (Å²) < 4.78 is 25.0. The van der Waals surface area contributed by atoms with Crippen LogP contribution in [0.25, 0.3) is 11.3 Å². The summed E-state index contributed by atoms with van der Waals surface area (Å²) in [6, 6.07) is 4.06. The van der Waals surface area contributed by atoms with Crippen LogP contribution >= 0.6 is 0 Å². The van der Waals surface area contributed by atoms with Crippen molar-refractivity contribution < 1.29 is 18.7 Å². The number of hydrogen-bond acceptors (Lipinski definition) is 4. The Morgan fingerprint density at radius 1 is 1.35 bits per heavy atom. The molecule has 2 rings (SSSR count). The number of hydrogen-bond donors (Lipinski definition) is 0. The molecule has 1 heterocycles. The zero-order valence-electron chi connectivity index (χ0n) is 11.5. The SMILES string of the molecule is COCc1cnn(C)c1-c1cc(F)cc(C(=O)OC)c1. The molecule has 0 saturated carbocycles. The molecule has 0 bridgehead atoms. The summed E-state index contributed by atoms with van der Waals surface area (Å²) in [6.07, 6.45) is 1.65. The van der Waals surface area contributed by atoms with Gasteiger partial charge in [-0.05, 0) is 18.2 Å². The van der Waals surface area contributed by atoms with Crippen molar-refractivity contribution in [3.8, 4) is 11.3 Å². The van der Waals surface area contributed by atoms with Crippen LogP contribution in [0.2, 0.25) is 0 Å². The summed E-state index contributed by atoms with van der Waals surface area (Å²) in [5.41, 5.74) is 2.23. The zero-order valence-corrected chi connectivity index (χ0v) is 11.5. The van der Waals surface area contributed by atoms with Crippen molar-refractivity contribution >= 4 is 5.97 Å². The van der Waals surface area contributed by atoms with E-state index >= 15 is 0 Å². The lowest BCUT2D eigenvalue weighted by atomic mass is 10.0. The molecule has 106 valence electrons.